The van der Waals surface area contributed by atoms with E-state index < -0.39 is 0 Å². The van der Waals surface area contributed by atoms with Crippen LogP contribution in [0.3, 0.4) is 0 Å². The average Bonchev–Trinajstić information content (AvgIpc) is 2.43. The normalized spacial score (nSPS) is 9.72. The number of pyridine rings is 1. The molecule has 1 aromatic rings. The molecule has 0 atom stereocenters. The number of nitrogens with zero attached hydrogens (tertiary/aromatic N) is 1. The van der Waals surface area contributed by atoms with Crippen LogP contribution in [0.2, 0.25) is 0 Å². The largest absolute Gasteiger partial charge is 0.497 e. The molecule has 0 saturated heterocycles. The molecule has 1 N–H and O–H groups in total. The van der Waals surface area contributed by atoms with Crippen molar-refractivity contribution in [1.29, 1.82) is 0 Å². The quantitative estimate of drug-likeness (QED) is 0.774. The SMILES string of the molecule is CNC(=O)c1cc(OC)cc(CCC(=O)OC)n1. The summed E-state index contributed by atoms with van der Waals surface area (Å²) in [6.07, 6.45) is 0.609. The van der Waals surface area contributed by atoms with Gasteiger partial charge in [-0.3, -0.25) is 9.59 Å². The molecule has 6 nitrogen and oxygen atoms in total. The summed E-state index contributed by atoms with van der Waals surface area (Å²) in [5, 5.41) is 2.49. The number of nitrogens with one attached hydrogen (secondary N) is 1. The number of carbonyl (C=O) groups excluding carboxylic acids is 2. The van der Waals surface area contributed by atoms with E-state index in [1.165, 1.54) is 21.3 Å². The van der Waals surface area contributed by atoms with E-state index in [-0.39, 0.29) is 24.0 Å². The summed E-state index contributed by atoms with van der Waals surface area (Å²) in [5.41, 5.74) is 0.870. The molecule has 1 aromatic heterocycles. The number of esters is 1. The Morgan fingerprint density at radius 1 is 1.33 bits per heavy atom. The molecule has 6 heteroatoms. The summed E-state index contributed by atoms with van der Waals surface area (Å²) < 4.78 is 9.64. The van der Waals surface area contributed by atoms with E-state index in [4.69, 9.17) is 4.74 Å². The van der Waals surface area contributed by atoms with Gasteiger partial charge in [-0.1, -0.05) is 0 Å². The first-order chi connectivity index (χ1) is 8.60. The zero-order valence-electron chi connectivity index (χ0n) is 10.6. The van der Waals surface area contributed by atoms with Crippen molar-refractivity contribution in [3.63, 3.8) is 0 Å². The van der Waals surface area contributed by atoms with E-state index in [0.717, 1.165) is 0 Å². The van der Waals surface area contributed by atoms with Gasteiger partial charge in [0, 0.05) is 31.3 Å². The fraction of sp³-hybridized carbons (Fsp3) is 0.417. The molecule has 0 aromatic carbocycles. The maximum Gasteiger partial charge on any atom is 0.305 e. The summed E-state index contributed by atoms with van der Waals surface area (Å²) in [6.45, 7) is 0. The van der Waals surface area contributed by atoms with Crippen LogP contribution in [-0.4, -0.2) is 38.1 Å². The van der Waals surface area contributed by atoms with Crippen molar-refractivity contribution in [2.75, 3.05) is 21.3 Å². The number of amides is 1. The van der Waals surface area contributed by atoms with Gasteiger partial charge in [0.15, 0.2) is 0 Å². The molecule has 0 fully saturated rings. The van der Waals surface area contributed by atoms with Crippen molar-refractivity contribution >= 4 is 11.9 Å². The minimum Gasteiger partial charge on any atom is -0.497 e. The molecular weight excluding hydrogens is 236 g/mol. The van der Waals surface area contributed by atoms with E-state index in [0.29, 0.717) is 17.9 Å². The molecule has 0 aliphatic rings. The lowest BCUT2D eigenvalue weighted by molar-refractivity contribution is -0.140. The van der Waals surface area contributed by atoms with Gasteiger partial charge in [0.25, 0.3) is 5.91 Å². The first-order valence-electron chi connectivity index (χ1n) is 5.44. The summed E-state index contributed by atoms with van der Waals surface area (Å²) >= 11 is 0. The number of carbonyl (C=O) groups is 2. The van der Waals surface area contributed by atoms with Crippen LogP contribution >= 0.6 is 0 Å². The van der Waals surface area contributed by atoms with Crippen molar-refractivity contribution in [3.05, 3.63) is 23.5 Å². The van der Waals surface area contributed by atoms with E-state index in [2.05, 4.69) is 15.0 Å². The molecule has 1 rings (SSSR count). The molecule has 0 radical (unpaired) electrons. The number of aryl methyl sites for hydroxylation is 1. The molecule has 0 bridgehead atoms. The lowest BCUT2D eigenvalue weighted by atomic mass is 10.2. The Hall–Kier alpha value is -2.11. The van der Waals surface area contributed by atoms with Gasteiger partial charge in [0.1, 0.15) is 11.4 Å². The Morgan fingerprint density at radius 2 is 2.06 bits per heavy atom. The van der Waals surface area contributed by atoms with Crippen molar-refractivity contribution < 1.29 is 19.1 Å². The fourth-order valence-corrected chi connectivity index (χ4v) is 1.38. The average molecular weight is 252 g/mol. The second-order valence-electron chi connectivity index (χ2n) is 3.54. The van der Waals surface area contributed by atoms with E-state index >= 15 is 0 Å². The summed E-state index contributed by atoms with van der Waals surface area (Å²) in [6, 6.07) is 3.23. The van der Waals surface area contributed by atoms with E-state index in [1.54, 1.807) is 12.1 Å². The second kappa shape index (κ2) is 6.58. The molecule has 0 aliphatic carbocycles. The molecule has 0 unspecified atom stereocenters. The van der Waals surface area contributed by atoms with Gasteiger partial charge in [-0.15, -0.1) is 0 Å². The number of hydrogen-bond donors (Lipinski definition) is 1. The van der Waals surface area contributed by atoms with Gasteiger partial charge in [0.05, 0.1) is 20.6 Å². The van der Waals surface area contributed by atoms with Crippen LogP contribution in [0.25, 0.3) is 0 Å². The Morgan fingerprint density at radius 3 is 2.61 bits per heavy atom. The monoisotopic (exact) mass is 252 g/mol. The Kier molecular flexibility index (Phi) is 5.10. The Balaban J connectivity index is 2.90. The third kappa shape index (κ3) is 3.73. The summed E-state index contributed by atoms with van der Waals surface area (Å²) in [4.78, 5) is 26.7. The van der Waals surface area contributed by atoms with E-state index in [9.17, 15) is 9.59 Å². The van der Waals surface area contributed by atoms with Crippen LogP contribution in [-0.2, 0) is 16.0 Å². The molecule has 18 heavy (non-hydrogen) atoms. The van der Waals surface area contributed by atoms with Crippen LogP contribution in [0.5, 0.6) is 5.75 Å². The maximum atomic E-state index is 11.5. The highest BCUT2D eigenvalue weighted by molar-refractivity contribution is 5.92. The highest BCUT2D eigenvalue weighted by atomic mass is 16.5. The van der Waals surface area contributed by atoms with Crippen molar-refractivity contribution in [2.45, 2.75) is 12.8 Å². The maximum absolute atomic E-state index is 11.5. The lowest BCUT2D eigenvalue weighted by Crippen LogP contribution is -2.20. The molecule has 1 heterocycles. The number of rotatable bonds is 5. The number of methoxy groups -OCH3 is 2. The summed E-state index contributed by atoms with van der Waals surface area (Å²) in [7, 11) is 4.36. The van der Waals surface area contributed by atoms with Gasteiger partial charge in [-0.25, -0.2) is 4.98 Å². The highest BCUT2D eigenvalue weighted by Gasteiger charge is 2.10. The Labute approximate surface area is 105 Å². The van der Waals surface area contributed by atoms with Gasteiger partial charge >= 0.3 is 5.97 Å². The zero-order chi connectivity index (χ0) is 13.5. The number of hydrogen-bond acceptors (Lipinski definition) is 5. The smallest absolute Gasteiger partial charge is 0.305 e. The van der Waals surface area contributed by atoms with Crippen LogP contribution in [0, 0.1) is 0 Å². The first-order valence-corrected chi connectivity index (χ1v) is 5.44. The fourth-order valence-electron chi connectivity index (χ4n) is 1.38. The molecule has 0 spiro atoms. The third-order valence-corrected chi connectivity index (χ3v) is 2.36. The highest BCUT2D eigenvalue weighted by Crippen LogP contribution is 2.15. The minimum absolute atomic E-state index is 0.212. The van der Waals surface area contributed by atoms with Gasteiger partial charge in [0.2, 0.25) is 0 Å². The molecule has 98 valence electrons. The third-order valence-electron chi connectivity index (χ3n) is 2.36. The second-order valence-corrected chi connectivity index (χ2v) is 3.54. The molecular formula is C12H16N2O4. The van der Waals surface area contributed by atoms with Crippen molar-refractivity contribution in [3.8, 4) is 5.75 Å². The van der Waals surface area contributed by atoms with Gasteiger partial charge in [-0.2, -0.15) is 0 Å². The predicted octanol–water partition coefficient (Wildman–Crippen LogP) is 0.555. The first kappa shape index (κ1) is 14.0. The van der Waals surface area contributed by atoms with Crippen molar-refractivity contribution in [1.82, 2.24) is 10.3 Å². The van der Waals surface area contributed by atoms with Crippen LogP contribution in [0.15, 0.2) is 12.1 Å². The molecule has 1 amide bonds. The van der Waals surface area contributed by atoms with E-state index in [1.807, 2.05) is 0 Å². The number of aromatic nitrogens is 1. The lowest BCUT2D eigenvalue weighted by Gasteiger charge is -2.07. The van der Waals surface area contributed by atoms with Crippen molar-refractivity contribution in [2.24, 2.45) is 0 Å². The van der Waals surface area contributed by atoms with Crippen LogP contribution in [0.1, 0.15) is 22.6 Å². The standard InChI is InChI=1S/C12H16N2O4/c1-13-12(16)10-7-9(17-2)6-8(14-10)4-5-11(15)18-3/h6-7H,4-5H2,1-3H3,(H,13,16). The molecule has 0 aliphatic heterocycles. The predicted molar refractivity (Wildman–Crippen MR) is 64.5 cm³/mol. The minimum atomic E-state index is -0.318. The molecule has 0 saturated carbocycles. The topological polar surface area (TPSA) is 77.5 Å². The summed E-state index contributed by atoms with van der Waals surface area (Å²) in [5.74, 6) is -0.0854. The zero-order valence-corrected chi connectivity index (χ0v) is 10.6. The Bertz CT molecular complexity index is 446. The van der Waals surface area contributed by atoms with Crippen LogP contribution in [0.4, 0.5) is 0 Å². The van der Waals surface area contributed by atoms with Crippen LogP contribution < -0.4 is 10.1 Å². The van der Waals surface area contributed by atoms with Gasteiger partial charge < -0.3 is 14.8 Å². The number of ether oxygens (including phenoxy) is 2. The van der Waals surface area contributed by atoms with Gasteiger partial charge in [-0.05, 0) is 0 Å².